The summed E-state index contributed by atoms with van der Waals surface area (Å²) in [6.07, 6.45) is 1.74. The van der Waals surface area contributed by atoms with Gasteiger partial charge in [0.2, 0.25) is 4.96 Å². The highest BCUT2D eigenvalue weighted by molar-refractivity contribution is 9.10. The number of aromatic nitrogens is 3. The highest BCUT2D eigenvalue weighted by atomic mass is 79.9. The molecular weight excluding hydrogens is 274 g/mol. The number of rotatable bonds is 1. The summed E-state index contributed by atoms with van der Waals surface area (Å²) >= 11 is 5.02. The molecule has 2 heterocycles. The van der Waals surface area contributed by atoms with Gasteiger partial charge >= 0.3 is 0 Å². The third kappa shape index (κ3) is 1.48. The number of hydrogen-bond donors (Lipinski definition) is 0. The van der Waals surface area contributed by atoms with Crippen LogP contribution in [-0.4, -0.2) is 14.6 Å². The first-order valence-electron chi connectivity index (χ1n) is 4.38. The molecule has 74 valence electrons. The third-order valence-electron chi connectivity index (χ3n) is 2.19. The Bertz CT molecular complexity index is 596. The summed E-state index contributed by atoms with van der Waals surface area (Å²) in [6.45, 7) is 0. The lowest BCUT2D eigenvalue weighted by Crippen LogP contribution is -1.82. The van der Waals surface area contributed by atoms with Crippen LogP contribution in [0.4, 0.5) is 0 Å². The second-order valence-corrected chi connectivity index (χ2v) is 4.86. The van der Waals surface area contributed by atoms with Crippen LogP contribution in [0.25, 0.3) is 16.2 Å². The molecule has 0 unspecified atom stereocenters. The van der Waals surface area contributed by atoms with E-state index in [1.54, 1.807) is 17.7 Å². The number of benzene rings is 1. The zero-order valence-corrected chi connectivity index (χ0v) is 9.99. The van der Waals surface area contributed by atoms with Crippen LogP contribution in [0.2, 0.25) is 0 Å². The number of thiazole rings is 1. The van der Waals surface area contributed by atoms with E-state index in [-0.39, 0.29) is 0 Å². The molecule has 3 aromatic rings. The van der Waals surface area contributed by atoms with Gasteiger partial charge in [0.15, 0.2) is 0 Å². The van der Waals surface area contributed by atoms with Gasteiger partial charge in [-0.05, 0) is 17.7 Å². The van der Waals surface area contributed by atoms with E-state index in [1.807, 2.05) is 16.5 Å². The van der Waals surface area contributed by atoms with Gasteiger partial charge in [0.1, 0.15) is 6.33 Å². The first kappa shape index (κ1) is 9.06. The van der Waals surface area contributed by atoms with Gasteiger partial charge in [0, 0.05) is 9.85 Å². The molecule has 0 saturated heterocycles. The van der Waals surface area contributed by atoms with Crippen molar-refractivity contribution in [2.45, 2.75) is 0 Å². The lowest BCUT2D eigenvalue weighted by Gasteiger charge is -1.98. The normalized spacial score (nSPS) is 11.0. The summed E-state index contributed by atoms with van der Waals surface area (Å²) in [5, 5.41) is 9.97. The average molecular weight is 280 g/mol. The predicted molar refractivity (Wildman–Crippen MR) is 64.0 cm³/mol. The van der Waals surface area contributed by atoms with E-state index in [1.165, 1.54) is 5.56 Å². The Kier molecular flexibility index (Phi) is 2.07. The van der Waals surface area contributed by atoms with E-state index in [0.717, 1.165) is 15.1 Å². The maximum atomic E-state index is 4.00. The predicted octanol–water partition coefficient (Wildman–Crippen LogP) is 3.22. The third-order valence-corrected chi connectivity index (χ3v) is 3.55. The maximum absolute atomic E-state index is 4.00. The summed E-state index contributed by atoms with van der Waals surface area (Å²) in [5.74, 6) is 0. The zero-order chi connectivity index (χ0) is 10.3. The summed E-state index contributed by atoms with van der Waals surface area (Å²) in [4.78, 5) is 0.924. The highest BCUT2D eigenvalue weighted by Crippen LogP contribution is 2.25. The lowest BCUT2D eigenvalue weighted by molar-refractivity contribution is 1.10. The number of fused-ring (bicyclic) bond motifs is 1. The van der Waals surface area contributed by atoms with Crippen LogP contribution < -0.4 is 0 Å². The molecule has 0 aliphatic carbocycles. The Morgan fingerprint density at radius 2 is 2.00 bits per heavy atom. The Labute approximate surface area is 98.5 Å². The molecule has 2 aromatic heterocycles. The van der Waals surface area contributed by atoms with Crippen LogP contribution in [0.3, 0.4) is 0 Å². The van der Waals surface area contributed by atoms with Crippen molar-refractivity contribution in [3.05, 3.63) is 40.4 Å². The minimum Gasteiger partial charge on any atom is -0.272 e. The molecule has 0 aliphatic rings. The van der Waals surface area contributed by atoms with Crippen molar-refractivity contribution in [2.24, 2.45) is 0 Å². The molecule has 0 amide bonds. The van der Waals surface area contributed by atoms with E-state index < -0.39 is 0 Å². The molecule has 0 radical (unpaired) electrons. The van der Waals surface area contributed by atoms with Crippen molar-refractivity contribution in [2.75, 3.05) is 0 Å². The quantitative estimate of drug-likeness (QED) is 0.685. The maximum Gasteiger partial charge on any atom is 0.216 e. The number of nitrogens with zero attached hydrogens (tertiary/aromatic N) is 3. The summed E-state index contributed by atoms with van der Waals surface area (Å²) in [7, 11) is 0. The first-order valence-corrected chi connectivity index (χ1v) is 6.05. The van der Waals surface area contributed by atoms with Gasteiger partial charge in [0.05, 0.1) is 5.69 Å². The van der Waals surface area contributed by atoms with Gasteiger partial charge in [-0.25, -0.2) is 0 Å². The molecule has 3 nitrogen and oxygen atoms in total. The van der Waals surface area contributed by atoms with Gasteiger partial charge in [0.25, 0.3) is 0 Å². The highest BCUT2D eigenvalue weighted by Gasteiger charge is 2.06. The molecule has 0 N–H and O–H groups in total. The van der Waals surface area contributed by atoms with Gasteiger partial charge < -0.3 is 0 Å². The van der Waals surface area contributed by atoms with Crippen LogP contribution in [0.5, 0.6) is 0 Å². The van der Waals surface area contributed by atoms with E-state index in [9.17, 15) is 0 Å². The van der Waals surface area contributed by atoms with Crippen LogP contribution in [0, 0.1) is 0 Å². The molecule has 5 heteroatoms. The van der Waals surface area contributed by atoms with E-state index >= 15 is 0 Å². The smallest absolute Gasteiger partial charge is 0.216 e. The zero-order valence-electron chi connectivity index (χ0n) is 7.59. The summed E-state index contributed by atoms with van der Waals surface area (Å²) < 4.78 is 3.08. The number of halogens is 1. The molecule has 1 aromatic carbocycles. The Balaban J connectivity index is 2.21. The largest absolute Gasteiger partial charge is 0.272 e. The van der Waals surface area contributed by atoms with E-state index in [0.29, 0.717) is 0 Å². The van der Waals surface area contributed by atoms with Crippen molar-refractivity contribution in [3.63, 3.8) is 0 Å². The molecule has 0 saturated carbocycles. The van der Waals surface area contributed by atoms with Crippen LogP contribution in [0.1, 0.15) is 0 Å². The van der Waals surface area contributed by atoms with E-state index in [4.69, 9.17) is 0 Å². The summed E-state index contributed by atoms with van der Waals surface area (Å²) in [5.41, 5.74) is 2.30. The second kappa shape index (κ2) is 3.43. The van der Waals surface area contributed by atoms with Gasteiger partial charge in [-0.2, -0.15) is 0 Å². The Morgan fingerprint density at radius 1 is 1.20 bits per heavy atom. The van der Waals surface area contributed by atoms with E-state index in [2.05, 4.69) is 43.6 Å². The van der Waals surface area contributed by atoms with Crippen molar-refractivity contribution < 1.29 is 0 Å². The van der Waals surface area contributed by atoms with Crippen molar-refractivity contribution in [1.82, 2.24) is 14.6 Å². The molecule has 3 rings (SSSR count). The molecule has 0 spiro atoms. The Morgan fingerprint density at radius 3 is 2.80 bits per heavy atom. The van der Waals surface area contributed by atoms with Crippen LogP contribution in [0.15, 0.2) is 40.4 Å². The molecular formula is C10H6BrN3S. The fourth-order valence-corrected chi connectivity index (χ4v) is 2.55. The Hall–Kier alpha value is -1.20. The molecule has 0 atom stereocenters. The minimum atomic E-state index is 0.924. The van der Waals surface area contributed by atoms with Crippen molar-refractivity contribution in [3.8, 4) is 11.3 Å². The first-order chi connectivity index (χ1) is 7.34. The summed E-state index contributed by atoms with van der Waals surface area (Å²) in [6, 6.07) is 8.21. The van der Waals surface area contributed by atoms with Gasteiger partial charge in [-0.15, -0.1) is 21.5 Å². The monoisotopic (exact) mass is 279 g/mol. The average Bonchev–Trinajstić information content (AvgIpc) is 2.80. The van der Waals surface area contributed by atoms with Gasteiger partial charge in [-0.3, -0.25) is 4.40 Å². The molecule has 0 fully saturated rings. The second-order valence-electron chi connectivity index (χ2n) is 3.11. The SMILES string of the molecule is Brc1ccc(-c2csc3nncn23)cc1. The van der Waals surface area contributed by atoms with Gasteiger partial charge in [-0.1, -0.05) is 28.1 Å². The van der Waals surface area contributed by atoms with Crippen molar-refractivity contribution >= 4 is 32.2 Å². The topological polar surface area (TPSA) is 30.2 Å². The van der Waals surface area contributed by atoms with Crippen LogP contribution in [-0.2, 0) is 0 Å². The fraction of sp³-hybridized carbons (Fsp3) is 0. The van der Waals surface area contributed by atoms with Crippen LogP contribution >= 0.6 is 27.3 Å². The molecule has 15 heavy (non-hydrogen) atoms. The lowest BCUT2D eigenvalue weighted by atomic mass is 10.2. The number of hydrogen-bond acceptors (Lipinski definition) is 3. The molecule has 0 bridgehead atoms. The van der Waals surface area contributed by atoms with Crippen molar-refractivity contribution in [1.29, 1.82) is 0 Å². The molecule has 0 aliphatic heterocycles. The fourth-order valence-electron chi connectivity index (χ4n) is 1.46. The minimum absolute atomic E-state index is 0.924. The standard InChI is InChI=1S/C10H6BrN3S/c11-8-3-1-7(2-4-8)9-5-15-10-13-12-6-14(9)10/h1-6H.